The molecule has 0 N–H and O–H groups in total. The summed E-state index contributed by atoms with van der Waals surface area (Å²) in [6, 6.07) is 5.00. The van der Waals surface area contributed by atoms with Crippen molar-refractivity contribution in [3.8, 4) is 11.1 Å². The minimum absolute atomic E-state index is 0. The number of aromatic nitrogens is 2. The molecule has 0 bridgehead atoms. The zero-order valence-corrected chi connectivity index (χ0v) is 16.2. The van der Waals surface area contributed by atoms with Gasteiger partial charge in [-0.05, 0) is 56.7 Å². The number of hydrogen-bond donors (Lipinski definition) is 0. The molecule has 2 aromatic rings. The Balaban J connectivity index is 0.00000220. The average Bonchev–Trinajstić information content (AvgIpc) is 2.76. The van der Waals surface area contributed by atoms with Crippen LogP contribution in [0.5, 0.6) is 0 Å². The van der Waals surface area contributed by atoms with E-state index in [1.54, 1.807) is 0 Å². The molecule has 3 heteroatoms. The van der Waals surface area contributed by atoms with E-state index >= 15 is 0 Å². The predicted octanol–water partition coefficient (Wildman–Crippen LogP) is 4.94. The summed E-state index contributed by atoms with van der Waals surface area (Å²) in [6.45, 7) is 13.3. The van der Waals surface area contributed by atoms with Crippen LogP contribution in [-0.2, 0) is 27.5 Å². The second-order valence-electron chi connectivity index (χ2n) is 6.52. The zero-order valence-electron chi connectivity index (χ0n) is 13.9. The van der Waals surface area contributed by atoms with E-state index in [4.69, 9.17) is 0 Å². The van der Waals surface area contributed by atoms with E-state index < -0.39 is 0 Å². The molecule has 0 aliphatic heterocycles. The Hall–Kier alpha value is -0.882. The fraction of sp³-hybridized carbons (Fsp3) is 0.500. The molecule has 0 saturated heterocycles. The number of hydrogen-bond acceptors (Lipinski definition) is 1. The van der Waals surface area contributed by atoms with Gasteiger partial charge in [0.05, 0.1) is 6.20 Å². The van der Waals surface area contributed by atoms with Crippen LogP contribution in [0, 0.1) is 19.8 Å². The van der Waals surface area contributed by atoms with Gasteiger partial charge in [0, 0.05) is 38.9 Å². The molecular weight excluding hydrogens is 439 g/mol. The Kier molecular flexibility index (Phi) is 6.40. The van der Waals surface area contributed by atoms with E-state index in [1.165, 1.54) is 27.8 Å². The first kappa shape index (κ1) is 18.2. The molecule has 0 aliphatic carbocycles. The Labute approximate surface area is 143 Å². The maximum absolute atomic E-state index is 4.49. The topological polar surface area (TPSA) is 17.8 Å². The molecule has 21 heavy (non-hydrogen) atoms. The van der Waals surface area contributed by atoms with Crippen molar-refractivity contribution in [3.63, 3.8) is 0 Å². The number of benzene rings is 1. The molecule has 0 aliphatic rings. The third kappa shape index (κ3) is 4.29. The van der Waals surface area contributed by atoms with Gasteiger partial charge >= 0.3 is 0 Å². The number of aryl methyl sites for hydroxylation is 2. The van der Waals surface area contributed by atoms with Crippen molar-refractivity contribution in [1.29, 1.82) is 0 Å². The van der Waals surface area contributed by atoms with E-state index in [-0.39, 0.29) is 21.1 Å². The summed E-state index contributed by atoms with van der Waals surface area (Å²) >= 11 is 0. The largest absolute Gasteiger partial charge is 0.270 e. The second-order valence-corrected chi connectivity index (χ2v) is 6.52. The van der Waals surface area contributed by atoms with Crippen molar-refractivity contribution in [2.75, 3.05) is 0 Å². The van der Waals surface area contributed by atoms with Gasteiger partial charge in [-0.1, -0.05) is 31.5 Å². The van der Waals surface area contributed by atoms with E-state index in [0.717, 1.165) is 6.42 Å². The van der Waals surface area contributed by atoms with Crippen molar-refractivity contribution in [3.05, 3.63) is 41.2 Å². The monoisotopic (exact) mass is 465 g/mol. The van der Waals surface area contributed by atoms with Gasteiger partial charge in [-0.15, -0.1) is 0 Å². The molecule has 2 rings (SSSR count). The van der Waals surface area contributed by atoms with Crippen molar-refractivity contribution < 1.29 is 21.1 Å². The summed E-state index contributed by atoms with van der Waals surface area (Å²) in [5.41, 5.74) is 6.76. The van der Waals surface area contributed by atoms with Crippen LogP contribution < -0.4 is 0 Å². The van der Waals surface area contributed by atoms with Gasteiger partial charge in [0.1, 0.15) is 0 Å². The standard InChI is InChI=1S/C18H26N2.Pt/c1-12(2)7-16-9-14(5)8-15(6)18(16)17-10-19-20(11-17)13(3)4;/h8-13H,7H2,1-6H3;. The van der Waals surface area contributed by atoms with Crippen LogP contribution in [-0.4, -0.2) is 9.78 Å². The van der Waals surface area contributed by atoms with E-state index in [2.05, 4.69) is 65.0 Å². The minimum Gasteiger partial charge on any atom is -0.270 e. The van der Waals surface area contributed by atoms with Crippen LogP contribution in [0.2, 0.25) is 0 Å². The Morgan fingerprint density at radius 3 is 2.29 bits per heavy atom. The third-order valence-electron chi connectivity index (χ3n) is 3.61. The average molecular weight is 465 g/mol. The molecule has 1 heterocycles. The van der Waals surface area contributed by atoms with Gasteiger partial charge in [-0.3, -0.25) is 4.68 Å². The van der Waals surface area contributed by atoms with Crippen LogP contribution in [0.4, 0.5) is 0 Å². The molecule has 0 atom stereocenters. The smallest absolute Gasteiger partial charge is 0.0568 e. The van der Waals surface area contributed by atoms with Gasteiger partial charge < -0.3 is 0 Å². The summed E-state index contributed by atoms with van der Waals surface area (Å²) in [4.78, 5) is 0. The van der Waals surface area contributed by atoms with Crippen molar-refractivity contribution in [2.45, 2.75) is 54.0 Å². The van der Waals surface area contributed by atoms with Gasteiger partial charge in [0.2, 0.25) is 0 Å². The van der Waals surface area contributed by atoms with Crippen LogP contribution >= 0.6 is 0 Å². The first-order valence-electron chi connectivity index (χ1n) is 7.53. The SMILES string of the molecule is Cc1cc(C)c(-c2cnn(C(C)C)c2)c(CC(C)C)c1.[Pt]. The minimum atomic E-state index is 0. The molecule has 0 amide bonds. The van der Waals surface area contributed by atoms with Crippen LogP contribution in [0.25, 0.3) is 11.1 Å². The second kappa shape index (κ2) is 7.40. The third-order valence-corrected chi connectivity index (χ3v) is 3.61. The fourth-order valence-corrected chi connectivity index (χ4v) is 2.82. The van der Waals surface area contributed by atoms with E-state index in [1.807, 2.05) is 10.9 Å². The zero-order chi connectivity index (χ0) is 14.9. The van der Waals surface area contributed by atoms with Crippen LogP contribution in [0.1, 0.15) is 50.4 Å². The molecular formula is C18H26N2Pt. The Morgan fingerprint density at radius 2 is 1.76 bits per heavy atom. The number of rotatable bonds is 4. The van der Waals surface area contributed by atoms with Crippen molar-refractivity contribution in [2.24, 2.45) is 5.92 Å². The van der Waals surface area contributed by atoms with Gasteiger partial charge in [0.25, 0.3) is 0 Å². The predicted molar refractivity (Wildman–Crippen MR) is 86.1 cm³/mol. The van der Waals surface area contributed by atoms with E-state index in [0.29, 0.717) is 12.0 Å². The summed E-state index contributed by atoms with van der Waals surface area (Å²) in [6.07, 6.45) is 5.29. The summed E-state index contributed by atoms with van der Waals surface area (Å²) < 4.78 is 2.04. The Bertz CT molecular complexity index is 597. The summed E-state index contributed by atoms with van der Waals surface area (Å²) in [5.74, 6) is 0.662. The first-order valence-corrected chi connectivity index (χ1v) is 7.53. The molecule has 0 radical (unpaired) electrons. The molecule has 0 unspecified atom stereocenters. The maximum Gasteiger partial charge on any atom is 0.0568 e. The number of nitrogens with zero attached hydrogens (tertiary/aromatic N) is 2. The quantitative estimate of drug-likeness (QED) is 0.625. The molecule has 0 fully saturated rings. The maximum atomic E-state index is 4.49. The normalized spacial score (nSPS) is 11.0. The first-order chi connectivity index (χ1) is 9.38. The van der Waals surface area contributed by atoms with Gasteiger partial charge in [-0.25, -0.2) is 0 Å². The van der Waals surface area contributed by atoms with Crippen molar-refractivity contribution in [1.82, 2.24) is 9.78 Å². The van der Waals surface area contributed by atoms with Crippen LogP contribution in [0.15, 0.2) is 24.5 Å². The molecule has 0 saturated carbocycles. The molecule has 2 nitrogen and oxygen atoms in total. The van der Waals surface area contributed by atoms with Gasteiger partial charge in [0.15, 0.2) is 0 Å². The van der Waals surface area contributed by atoms with Crippen molar-refractivity contribution >= 4 is 0 Å². The van der Waals surface area contributed by atoms with Crippen LogP contribution in [0.3, 0.4) is 0 Å². The summed E-state index contributed by atoms with van der Waals surface area (Å²) in [5, 5.41) is 4.49. The molecule has 118 valence electrons. The fourth-order valence-electron chi connectivity index (χ4n) is 2.82. The summed E-state index contributed by atoms with van der Waals surface area (Å²) in [7, 11) is 0. The molecule has 1 aromatic carbocycles. The molecule has 0 spiro atoms. The molecule has 1 aromatic heterocycles. The Morgan fingerprint density at radius 1 is 1.10 bits per heavy atom. The van der Waals surface area contributed by atoms with E-state index in [9.17, 15) is 0 Å². The van der Waals surface area contributed by atoms with Gasteiger partial charge in [-0.2, -0.15) is 5.10 Å².